The number of aromatic nitrogens is 2. The number of hydrogen-bond donors (Lipinski definition) is 2. The number of nitrogens with one attached hydrogen (secondary N) is 1. The summed E-state index contributed by atoms with van der Waals surface area (Å²) in [6, 6.07) is 7.69. The van der Waals surface area contributed by atoms with Crippen molar-refractivity contribution in [2.45, 2.75) is 12.8 Å². The predicted molar refractivity (Wildman–Crippen MR) is 84.4 cm³/mol. The summed E-state index contributed by atoms with van der Waals surface area (Å²) in [7, 11) is 1.67. The minimum Gasteiger partial charge on any atom is -0.382 e. The van der Waals surface area contributed by atoms with Crippen LogP contribution in [0.1, 0.15) is 12.8 Å². The monoisotopic (exact) mass is 290 g/mol. The molecule has 0 saturated carbocycles. The number of unbranched alkanes of at least 4 members (excludes halogenated alkanes) is 1. The number of nitrogens with zero attached hydrogens (tertiary/aromatic N) is 2. The van der Waals surface area contributed by atoms with E-state index in [4.69, 9.17) is 15.2 Å². The van der Waals surface area contributed by atoms with Gasteiger partial charge >= 0.3 is 0 Å². The van der Waals surface area contributed by atoms with Crippen LogP contribution in [0.15, 0.2) is 24.3 Å². The second-order valence-electron chi connectivity index (χ2n) is 4.69. The number of ether oxygens (including phenoxy) is 2. The Balaban J connectivity index is 1.74. The third-order valence-electron chi connectivity index (χ3n) is 3.04. The van der Waals surface area contributed by atoms with Gasteiger partial charge in [0.1, 0.15) is 0 Å². The minimum atomic E-state index is 0.435. The lowest BCUT2D eigenvalue weighted by molar-refractivity contribution is 0.0691. The van der Waals surface area contributed by atoms with E-state index in [1.165, 1.54) is 0 Å². The molecular formula is C15H22N4O2. The average molecular weight is 290 g/mol. The first-order valence-electron chi connectivity index (χ1n) is 7.14. The maximum atomic E-state index is 5.91. The first-order valence-corrected chi connectivity index (χ1v) is 7.14. The summed E-state index contributed by atoms with van der Waals surface area (Å²) in [6.45, 7) is 2.82. The molecule has 0 radical (unpaired) electrons. The molecule has 0 fully saturated rings. The number of rotatable bonds is 9. The van der Waals surface area contributed by atoms with Crippen LogP contribution in [0.25, 0.3) is 11.0 Å². The third-order valence-corrected chi connectivity index (χ3v) is 3.04. The van der Waals surface area contributed by atoms with E-state index in [2.05, 4.69) is 15.3 Å². The number of anilines is 2. The van der Waals surface area contributed by atoms with E-state index in [9.17, 15) is 0 Å². The highest BCUT2D eigenvalue weighted by Gasteiger charge is 2.04. The van der Waals surface area contributed by atoms with Crippen LogP contribution in [0, 0.1) is 0 Å². The molecule has 3 N–H and O–H groups in total. The fourth-order valence-electron chi connectivity index (χ4n) is 1.92. The zero-order valence-corrected chi connectivity index (χ0v) is 12.3. The van der Waals surface area contributed by atoms with Crippen LogP contribution in [-0.4, -0.2) is 43.4 Å². The number of hydrogen-bond acceptors (Lipinski definition) is 6. The maximum Gasteiger partial charge on any atom is 0.169 e. The Labute approximate surface area is 124 Å². The highest BCUT2D eigenvalue weighted by atomic mass is 16.5. The van der Waals surface area contributed by atoms with Gasteiger partial charge in [0.25, 0.3) is 0 Å². The summed E-state index contributed by atoms with van der Waals surface area (Å²) in [4.78, 5) is 8.83. The lowest BCUT2D eigenvalue weighted by Crippen LogP contribution is -2.09. The molecule has 0 aliphatic heterocycles. The van der Waals surface area contributed by atoms with Gasteiger partial charge < -0.3 is 20.5 Å². The Morgan fingerprint density at radius 3 is 2.57 bits per heavy atom. The lowest BCUT2D eigenvalue weighted by Gasteiger charge is -2.09. The van der Waals surface area contributed by atoms with Crippen LogP contribution in [0.3, 0.4) is 0 Å². The summed E-state index contributed by atoms with van der Waals surface area (Å²) in [6.07, 6.45) is 1.97. The smallest absolute Gasteiger partial charge is 0.169 e. The van der Waals surface area contributed by atoms with Gasteiger partial charge in [0.15, 0.2) is 11.6 Å². The molecule has 2 aromatic rings. The Hall–Kier alpha value is -1.92. The molecule has 1 aromatic carbocycles. The third kappa shape index (κ3) is 4.84. The maximum absolute atomic E-state index is 5.91. The molecule has 6 nitrogen and oxygen atoms in total. The van der Waals surface area contributed by atoms with Crippen molar-refractivity contribution in [3.8, 4) is 0 Å². The van der Waals surface area contributed by atoms with Gasteiger partial charge in [-0.15, -0.1) is 0 Å². The van der Waals surface area contributed by atoms with Gasteiger partial charge in [0, 0.05) is 20.3 Å². The lowest BCUT2D eigenvalue weighted by atomic mass is 10.3. The van der Waals surface area contributed by atoms with Crippen LogP contribution in [0.2, 0.25) is 0 Å². The second kappa shape index (κ2) is 8.39. The summed E-state index contributed by atoms with van der Waals surface area (Å²) < 4.78 is 10.3. The van der Waals surface area contributed by atoms with E-state index in [1.807, 2.05) is 24.3 Å². The number of fused-ring (bicyclic) bond motifs is 1. The number of nitrogens with two attached hydrogens (primary N) is 1. The van der Waals surface area contributed by atoms with Crippen molar-refractivity contribution < 1.29 is 9.47 Å². The van der Waals surface area contributed by atoms with Crippen molar-refractivity contribution in [3.05, 3.63) is 24.3 Å². The van der Waals surface area contributed by atoms with Crippen LogP contribution < -0.4 is 11.1 Å². The zero-order valence-electron chi connectivity index (χ0n) is 12.3. The molecule has 0 amide bonds. The van der Waals surface area contributed by atoms with E-state index in [1.54, 1.807) is 7.11 Å². The van der Waals surface area contributed by atoms with Crippen LogP contribution in [0.4, 0.5) is 11.6 Å². The van der Waals surface area contributed by atoms with Crippen LogP contribution >= 0.6 is 0 Å². The van der Waals surface area contributed by atoms with Gasteiger partial charge in [-0.05, 0) is 25.0 Å². The highest BCUT2D eigenvalue weighted by Crippen LogP contribution is 2.18. The standard InChI is InChI=1S/C15H22N4O2/c1-20-10-11-21-9-5-4-8-17-15-14(16)18-12-6-2-3-7-13(12)19-15/h2-3,6-7H,4-5,8-11H2,1H3,(H2,16,18)(H,17,19). The van der Waals surface area contributed by atoms with Crippen molar-refractivity contribution >= 4 is 22.7 Å². The molecule has 0 aliphatic rings. The van der Waals surface area contributed by atoms with Gasteiger partial charge in [0.2, 0.25) is 0 Å². The Morgan fingerprint density at radius 1 is 1.05 bits per heavy atom. The number of nitrogen functional groups attached to an aromatic ring is 1. The van der Waals surface area contributed by atoms with Crippen LogP contribution in [-0.2, 0) is 9.47 Å². The first-order chi connectivity index (χ1) is 10.3. The van der Waals surface area contributed by atoms with Gasteiger partial charge in [-0.25, -0.2) is 9.97 Å². The van der Waals surface area contributed by atoms with Gasteiger partial charge in [-0.1, -0.05) is 12.1 Å². The van der Waals surface area contributed by atoms with Crippen molar-refractivity contribution in [2.24, 2.45) is 0 Å². The molecular weight excluding hydrogens is 268 g/mol. The van der Waals surface area contributed by atoms with Crippen LogP contribution in [0.5, 0.6) is 0 Å². The fraction of sp³-hybridized carbons (Fsp3) is 0.467. The molecule has 0 aliphatic carbocycles. The Bertz CT molecular complexity index is 562. The molecule has 114 valence electrons. The molecule has 2 rings (SSSR count). The van der Waals surface area contributed by atoms with E-state index in [0.717, 1.165) is 37.0 Å². The normalized spacial score (nSPS) is 10.9. The molecule has 0 atom stereocenters. The van der Waals surface area contributed by atoms with Crippen molar-refractivity contribution in [1.82, 2.24) is 9.97 Å². The number of benzene rings is 1. The summed E-state index contributed by atoms with van der Waals surface area (Å²) >= 11 is 0. The van der Waals surface area contributed by atoms with Gasteiger partial charge in [-0.3, -0.25) is 0 Å². The summed E-state index contributed by atoms with van der Waals surface area (Å²) in [5.74, 6) is 1.08. The van der Waals surface area contributed by atoms with Crippen molar-refractivity contribution in [1.29, 1.82) is 0 Å². The van der Waals surface area contributed by atoms with Gasteiger partial charge in [0.05, 0.1) is 24.2 Å². The van der Waals surface area contributed by atoms with E-state index in [-0.39, 0.29) is 0 Å². The zero-order chi connectivity index (χ0) is 14.9. The molecule has 0 spiro atoms. The van der Waals surface area contributed by atoms with E-state index < -0.39 is 0 Å². The molecule has 1 aromatic heterocycles. The second-order valence-corrected chi connectivity index (χ2v) is 4.69. The summed E-state index contributed by atoms with van der Waals surface area (Å²) in [5.41, 5.74) is 7.56. The minimum absolute atomic E-state index is 0.435. The summed E-state index contributed by atoms with van der Waals surface area (Å²) in [5, 5.41) is 3.23. The van der Waals surface area contributed by atoms with Crippen molar-refractivity contribution in [2.75, 3.05) is 44.5 Å². The Kier molecular flexibility index (Phi) is 6.18. The molecule has 0 bridgehead atoms. The average Bonchev–Trinajstić information content (AvgIpc) is 2.50. The number of para-hydroxylation sites is 2. The Morgan fingerprint density at radius 2 is 1.81 bits per heavy atom. The SMILES string of the molecule is COCCOCCCCNc1nc2ccccc2nc1N. The van der Waals surface area contributed by atoms with Crippen molar-refractivity contribution in [3.63, 3.8) is 0 Å². The topological polar surface area (TPSA) is 82.3 Å². The molecule has 0 saturated heterocycles. The first kappa shape index (κ1) is 15.5. The molecule has 0 unspecified atom stereocenters. The quantitative estimate of drug-likeness (QED) is 0.688. The predicted octanol–water partition coefficient (Wildman–Crippen LogP) is 2.07. The molecule has 6 heteroatoms. The fourth-order valence-corrected chi connectivity index (χ4v) is 1.92. The molecule has 1 heterocycles. The van der Waals surface area contributed by atoms with E-state index in [0.29, 0.717) is 24.8 Å². The highest BCUT2D eigenvalue weighted by molar-refractivity contribution is 5.79. The largest absolute Gasteiger partial charge is 0.382 e. The van der Waals surface area contributed by atoms with Gasteiger partial charge in [-0.2, -0.15) is 0 Å². The molecule has 21 heavy (non-hydrogen) atoms. The number of methoxy groups -OCH3 is 1. The van der Waals surface area contributed by atoms with E-state index >= 15 is 0 Å².